The predicted molar refractivity (Wildman–Crippen MR) is 97.1 cm³/mol. The molecule has 134 valence electrons. The molecule has 0 atom stereocenters. The summed E-state index contributed by atoms with van der Waals surface area (Å²) >= 11 is 0. The van der Waals surface area contributed by atoms with Gasteiger partial charge < -0.3 is 14.3 Å². The fraction of sp³-hybridized carbons (Fsp3) is 0.0526. The zero-order chi connectivity index (χ0) is 19.1. The van der Waals surface area contributed by atoms with E-state index < -0.39 is 10.9 Å². The van der Waals surface area contributed by atoms with Crippen molar-refractivity contribution in [1.82, 2.24) is 4.98 Å². The van der Waals surface area contributed by atoms with Crippen molar-refractivity contribution in [2.24, 2.45) is 0 Å². The van der Waals surface area contributed by atoms with Crippen molar-refractivity contribution >= 4 is 33.6 Å². The SMILES string of the molecule is COc1ccc(C(=O)O)c2c1oc1c(-c3ccccc3[N+](=O)[O-])cncc12. The van der Waals surface area contributed by atoms with E-state index in [1.807, 2.05) is 0 Å². The van der Waals surface area contributed by atoms with Crippen LogP contribution in [0, 0.1) is 10.1 Å². The number of carboxylic acid groups (broad SMARTS) is 1. The number of carboxylic acids is 1. The lowest BCUT2D eigenvalue weighted by molar-refractivity contribution is -0.384. The summed E-state index contributed by atoms with van der Waals surface area (Å²) in [5.74, 6) is -0.763. The Morgan fingerprint density at radius 1 is 1.15 bits per heavy atom. The standard InChI is InChI=1S/C19H12N2O6/c1-26-15-7-6-11(19(22)23)16-13-9-20-8-12(17(13)27-18(15)16)10-4-2-3-5-14(10)21(24)25/h2-9H,1H3,(H,22,23). The Morgan fingerprint density at radius 3 is 2.63 bits per heavy atom. The largest absolute Gasteiger partial charge is 0.493 e. The molecular formula is C19H12N2O6. The van der Waals surface area contributed by atoms with Gasteiger partial charge in [0.2, 0.25) is 0 Å². The molecule has 2 aromatic carbocycles. The number of aromatic nitrogens is 1. The summed E-state index contributed by atoms with van der Waals surface area (Å²) in [7, 11) is 1.45. The van der Waals surface area contributed by atoms with Gasteiger partial charge in [0.25, 0.3) is 5.69 Å². The summed E-state index contributed by atoms with van der Waals surface area (Å²) in [4.78, 5) is 26.7. The number of benzene rings is 2. The Bertz CT molecular complexity index is 1230. The van der Waals surface area contributed by atoms with Crippen molar-refractivity contribution in [1.29, 1.82) is 0 Å². The second-order valence-electron chi connectivity index (χ2n) is 5.76. The molecule has 0 saturated carbocycles. The van der Waals surface area contributed by atoms with Crippen molar-refractivity contribution in [3.8, 4) is 16.9 Å². The second-order valence-corrected chi connectivity index (χ2v) is 5.76. The van der Waals surface area contributed by atoms with Gasteiger partial charge in [0.1, 0.15) is 5.58 Å². The Labute approximate surface area is 151 Å². The number of ether oxygens (including phenoxy) is 1. The van der Waals surface area contributed by atoms with Crippen LogP contribution in [0.5, 0.6) is 5.75 Å². The first-order valence-corrected chi connectivity index (χ1v) is 7.87. The summed E-state index contributed by atoms with van der Waals surface area (Å²) in [6.45, 7) is 0. The third kappa shape index (κ3) is 2.46. The molecule has 4 aromatic rings. The third-order valence-corrected chi connectivity index (χ3v) is 4.33. The topological polar surface area (TPSA) is 116 Å². The molecule has 4 rings (SSSR count). The molecule has 0 aliphatic heterocycles. The fourth-order valence-corrected chi connectivity index (χ4v) is 3.16. The normalized spacial score (nSPS) is 11.0. The average molecular weight is 364 g/mol. The first-order chi connectivity index (χ1) is 13.0. The number of aromatic carboxylic acids is 1. The summed E-state index contributed by atoms with van der Waals surface area (Å²) in [6, 6.07) is 9.16. The molecule has 1 N–H and O–H groups in total. The highest BCUT2D eigenvalue weighted by atomic mass is 16.6. The predicted octanol–water partition coefficient (Wildman–Crippen LogP) is 4.26. The summed E-state index contributed by atoms with van der Waals surface area (Å²) < 4.78 is 11.2. The van der Waals surface area contributed by atoms with Crippen LogP contribution in [0.25, 0.3) is 33.1 Å². The fourth-order valence-electron chi connectivity index (χ4n) is 3.16. The zero-order valence-electron chi connectivity index (χ0n) is 14.0. The number of fused-ring (bicyclic) bond motifs is 3. The van der Waals surface area contributed by atoms with Crippen molar-refractivity contribution in [2.75, 3.05) is 7.11 Å². The van der Waals surface area contributed by atoms with E-state index in [1.54, 1.807) is 18.2 Å². The molecule has 0 aliphatic carbocycles. The number of hydrogen-bond donors (Lipinski definition) is 1. The molecule has 0 aliphatic rings. The Morgan fingerprint density at radius 2 is 1.93 bits per heavy atom. The van der Waals surface area contributed by atoms with Crippen molar-refractivity contribution in [2.45, 2.75) is 0 Å². The number of furan rings is 1. The molecule has 2 aromatic heterocycles. The van der Waals surface area contributed by atoms with Crippen molar-refractivity contribution in [3.63, 3.8) is 0 Å². The van der Waals surface area contributed by atoms with Gasteiger partial charge in [-0.25, -0.2) is 4.79 Å². The molecule has 0 fully saturated rings. The van der Waals surface area contributed by atoms with Crippen molar-refractivity contribution in [3.05, 3.63) is 64.5 Å². The van der Waals surface area contributed by atoms with Crippen LogP contribution in [0.4, 0.5) is 5.69 Å². The van der Waals surface area contributed by atoms with Gasteiger partial charge in [-0.3, -0.25) is 15.1 Å². The third-order valence-electron chi connectivity index (χ3n) is 4.33. The number of hydrogen-bond acceptors (Lipinski definition) is 6. The van der Waals surface area contributed by atoms with Gasteiger partial charge in [-0.2, -0.15) is 0 Å². The van der Waals surface area contributed by atoms with Gasteiger partial charge in [-0.1, -0.05) is 12.1 Å². The smallest absolute Gasteiger partial charge is 0.336 e. The number of pyridine rings is 1. The molecule has 0 amide bonds. The van der Waals surface area contributed by atoms with Gasteiger partial charge in [0.05, 0.1) is 28.7 Å². The lowest BCUT2D eigenvalue weighted by Crippen LogP contribution is -1.97. The van der Waals surface area contributed by atoms with E-state index in [2.05, 4.69) is 4.98 Å². The highest BCUT2D eigenvalue weighted by Gasteiger charge is 2.24. The summed E-state index contributed by atoms with van der Waals surface area (Å²) in [5, 5.41) is 21.7. The first-order valence-electron chi connectivity index (χ1n) is 7.87. The highest BCUT2D eigenvalue weighted by molar-refractivity contribution is 6.18. The quantitative estimate of drug-likeness (QED) is 0.425. The van der Waals surface area contributed by atoms with Gasteiger partial charge in [0, 0.05) is 29.2 Å². The number of nitrogens with zero attached hydrogens (tertiary/aromatic N) is 2. The summed E-state index contributed by atoms with van der Waals surface area (Å²) in [5.41, 5.74) is 1.22. The van der Waals surface area contributed by atoms with Crippen LogP contribution in [0.1, 0.15) is 10.4 Å². The van der Waals surface area contributed by atoms with E-state index in [1.165, 1.54) is 37.7 Å². The van der Waals surface area contributed by atoms with E-state index in [-0.39, 0.29) is 16.8 Å². The Balaban J connectivity index is 2.15. The summed E-state index contributed by atoms with van der Waals surface area (Å²) in [6.07, 6.45) is 2.94. The molecule has 8 nitrogen and oxygen atoms in total. The van der Waals surface area contributed by atoms with Crippen LogP contribution in [0.3, 0.4) is 0 Å². The zero-order valence-corrected chi connectivity index (χ0v) is 14.0. The molecule has 0 spiro atoms. The number of nitro groups is 1. The van der Waals surface area contributed by atoms with Crippen molar-refractivity contribution < 1.29 is 24.0 Å². The van der Waals surface area contributed by atoms with Crippen LogP contribution in [-0.2, 0) is 0 Å². The number of methoxy groups -OCH3 is 1. The number of para-hydroxylation sites is 1. The van der Waals surface area contributed by atoms with E-state index in [9.17, 15) is 20.0 Å². The number of rotatable bonds is 4. The van der Waals surface area contributed by atoms with Gasteiger partial charge in [-0.05, 0) is 18.2 Å². The molecule has 0 radical (unpaired) electrons. The maximum atomic E-state index is 11.7. The average Bonchev–Trinajstić information content (AvgIpc) is 3.06. The molecule has 0 saturated heterocycles. The molecule has 0 bridgehead atoms. The van der Waals surface area contributed by atoms with Crippen LogP contribution >= 0.6 is 0 Å². The van der Waals surface area contributed by atoms with Gasteiger partial charge >= 0.3 is 5.97 Å². The minimum absolute atomic E-state index is 0.0334. The van der Waals surface area contributed by atoms with E-state index in [0.29, 0.717) is 33.2 Å². The van der Waals surface area contributed by atoms with E-state index >= 15 is 0 Å². The van der Waals surface area contributed by atoms with Gasteiger partial charge in [0.15, 0.2) is 11.3 Å². The minimum atomic E-state index is -1.12. The first kappa shape index (κ1) is 16.5. The molecular weight excluding hydrogens is 352 g/mol. The van der Waals surface area contributed by atoms with Crippen LogP contribution in [0.15, 0.2) is 53.2 Å². The monoisotopic (exact) mass is 364 g/mol. The molecule has 0 unspecified atom stereocenters. The van der Waals surface area contributed by atoms with Crippen LogP contribution < -0.4 is 4.74 Å². The van der Waals surface area contributed by atoms with Crippen LogP contribution in [-0.4, -0.2) is 28.1 Å². The van der Waals surface area contributed by atoms with E-state index in [0.717, 1.165) is 0 Å². The lowest BCUT2D eigenvalue weighted by atomic mass is 10.0. The molecule has 2 heterocycles. The maximum Gasteiger partial charge on any atom is 0.336 e. The minimum Gasteiger partial charge on any atom is -0.493 e. The highest BCUT2D eigenvalue weighted by Crippen LogP contribution is 2.42. The van der Waals surface area contributed by atoms with Gasteiger partial charge in [-0.15, -0.1) is 0 Å². The Hall–Kier alpha value is -3.94. The maximum absolute atomic E-state index is 11.7. The number of carbonyl (C=O) groups is 1. The Kier molecular flexibility index (Phi) is 3.73. The second kappa shape index (κ2) is 6.10. The van der Waals surface area contributed by atoms with E-state index in [4.69, 9.17) is 9.15 Å². The lowest BCUT2D eigenvalue weighted by Gasteiger charge is -2.03. The molecule has 8 heteroatoms. The van der Waals surface area contributed by atoms with Crippen LogP contribution in [0.2, 0.25) is 0 Å². The number of nitro benzene ring substituents is 1. The molecule has 27 heavy (non-hydrogen) atoms.